The Bertz CT molecular complexity index is 1190. The van der Waals surface area contributed by atoms with Gasteiger partial charge in [-0.2, -0.15) is 0 Å². The molecule has 1 aliphatic heterocycles. The fraction of sp³-hybridized carbons (Fsp3) is 0.208. The molecule has 0 spiro atoms. The quantitative estimate of drug-likeness (QED) is 0.432. The number of nitrogens with one attached hydrogen (secondary N) is 1. The Balaban J connectivity index is 1.62. The molecule has 5 rings (SSSR count). The summed E-state index contributed by atoms with van der Waals surface area (Å²) in [5, 5.41) is 7.30. The molecule has 1 N–H and O–H groups in total. The summed E-state index contributed by atoms with van der Waals surface area (Å²) in [5.41, 5.74) is 5.81. The molecule has 7 heteroatoms. The molecular weight excluding hydrogens is 422 g/mol. The summed E-state index contributed by atoms with van der Waals surface area (Å²) in [7, 11) is 0. The lowest BCUT2D eigenvalue weighted by atomic mass is 9.96. The topological polar surface area (TPSA) is 46.0 Å². The third-order valence-corrected chi connectivity index (χ3v) is 6.90. The molecule has 0 aliphatic carbocycles. The summed E-state index contributed by atoms with van der Waals surface area (Å²) in [6, 6.07) is 18.8. The molecule has 156 valence electrons. The Morgan fingerprint density at radius 2 is 1.84 bits per heavy atom. The Morgan fingerprint density at radius 3 is 2.55 bits per heavy atom. The molecule has 1 fully saturated rings. The molecule has 0 bridgehead atoms. The van der Waals surface area contributed by atoms with E-state index in [4.69, 9.17) is 12.2 Å². The van der Waals surface area contributed by atoms with Gasteiger partial charge in [0, 0.05) is 35.7 Å². The Morgan fingerprint density at radius 1 is 1.03 bits per heavy atom. The second-order valence-corrected chi connectivity index (χ2v) is 8.98. The first-order chi connectivity index (χ1) is 15.1. The summed E-state index contributed by atoms with van der Waals surface area (Å²) >= 11 is 7.47. The number of rotatable bonds is 5. The summed E-state index contributed by atoms with van der Waals surface area (Å²) in [6.07, 6.45) is 3.69. The minimum absolute atomic E-state index is 0.0253. The number of aryl methyl sites for hydroxylation is 1. The maximum absolute atomic E-state index is 5.83. The second kappa shape index (κ2) is 8.24. The van der Waals surface area contributed by atoms with E-state index in [1.165, 1.54) is 22.5 Å². The molecule has 5 nitrogen and oxygen atoms in total. The van der Waals surface area contributed by atoms with Gasteiger partial charge < -0.3 is 10.2 Å². The molecular formula is C24H23N5S2. The minimum Gasteiger partial charge on any atom is -0.352 e. The SMILES string of the molecule is Cc1cc(C2C(c3ccccn3)NC(=S)N2Cc2ccccc2)c(C)n1-c1nccs1. The van der Waals surface area contributed by atoms with E-state index in [1.807, 2.05) is 36.0 Å². The minimum atomic E-state index is -0.0253. The van der Waals surface area contributed by atoms with E-state index >= 15 is 0 Å². The molecule has 1 aromatic carbocycles. The molecule has 4 aromatic rings. The van der Waals surface area contributed by atoms with Crippen LogP contribution in [0.15, 0.2) is 72.4 Å². The molecule has 0 saturated carbocycles. The van der Waals surface area contributed by atoms with Gasteiger partial charge in [0.15, 0.2) is 10.2 Å². The van der Waals surface area contributed by atoms with E-state index in [2.05, 4.69) is 75.0 Å². The number of hydrogen-bond donors (Lipinski definition) is 1. The van der Waals surface area contributed by atoms with Crippen molar-refractivity contribution in [3.8, 4) is 5.13 Å². The van der Waals surface area contributed by atoms with Crippen molar-refractivity contribution >= 4 is 28.7 Å². The fourth-order valence-electron chi connectivity index (χ4n) is 4.40. The third-order valence-electron chi connectivity index (χ3n) is 5.79. The van der Waals surface area contributed by atoms with Gasteiger partial charge in [-0.25, -0.2) is 4.98 Å². The normalized spacial score (nSPS) is 18.4. The van der Waals surface area contributed by atoms with Crippen LogP contribution in [0.1, 0.15) is 40.3 Å². The van der Waals surface area contributed by atoms with E-state index in [0.717, 1.165) is 22.5 Å². The molecule has 0 amide bonds. The molecule has 2 unspecified atom stereocenters. The molecule has 1 aliphatic rings. The van der Waals surface area contributed by atoms with Gasteiger partial charge in [0.25, 0.3) is 0 Å². The monoisotopic (exact) mass is 445 g/mol. The van der Waals surface area contributed by atoms with Crippen LogP contribution in [0.5, 0.6) is 0 Å². The highest BCUT2D eigenvalue weighted by molar-refractivity contribution is 7.80. The number of nitrogens with zero attached hydrogens (tertiary/aromatic N) is 4. The number of benzene rings is 1. The van der Waals surface area contributed by atoms with Crippen molar-refractivity contribution in [2.24, 2.45) is 0 Å². The Hall–Kier alpha value is -3.03. The zero-order valence-corrected chi connectivity index (χ0v) is 19.0. The first-order valence-electron chi connectivity index (χ1n) is 10.2. The van der Waals surface area contributed by atoms with Gasteiger partial charge in [0.05, 0.1) is 17.8 Å². The average Bonchev–Trinajstić information content (AvgIpc) is 3.49. The van der Waals surface area contributed by atoms with Crippen LogP contribution in [0.25, 0.3) is 5.13 Å². The highest BCUT2D eigenvalue weighted by atomic mass is 32.1. The first kappa shape index (κ1) is 19.9. The lowest BCUT2D eigenvalue weighted by Gasteiger charge is -2.28. The lowest BCUT2D eigenvalue weighted by Crippen LogP contribution is -2.29. The second-order valence-electron chi connectivity index (χ2n) is 7.72. The predicted octanol–water partition coefficient (Wildman–Crippen LogP) is 5.12. The summed E-state index contributed by atoms with van der Waals surface area (Å²) in [5.74, 6) is 0. The van der Waals surface area contributed by atoms with E-state index in [-0.39, 0.29) is 12.1 Å². The van der Waals surface area contributed by atoms with Crippen molar-refractivity contribution in [3.05, 3.63) is 101 Å². The summed E-state index contributed by atoms with van der Waals surface area (Å²) in [4.78, 5) is 11.5. The fourth-order valence-corrected chi connectivity index (χ4v) is 5.46. The number of aromatic nitrogens is 3. The molecule has 2 atom stereocenters. The molecule has 3 aromatic heterocycles. The van der Waals surface area contributed by atoms with Crippen LogP contribution < -0.4 is 5.32 Å². The van der Waals surface area contributed by atoms with Crippen molar-refractivity contribution in [1.82, 2.24) is 24.8 Å². The zero-order valence-electron chi connectivity index (χ0n) is 17.4. The van der Waals surface area contributed by atoms with Gasteiger partial charge in [-0.3, -0.25) is 9.55 Å². The van der Waals surface area contributed by atoms with Crippen molar-refractivity contribution in [1.29, 1.82) is 0 Å². The Kier molecular flexibility index (Phi) is 5.29. The summed E-state index contributed by atoms with van der Waals surface area (Å²) in [6.45, 7) is 5.04. The van der Waals surface area contributed by atoms with E-state index in [9.17, 15) is 0 Å². The molecule has 4 heterocycles. The Labute approximate surface area is 191 Å². The van der Waals surface area contributed by atoms with Crippen LogP contribution in [-0.2, 0) is 6.54 Å². The highest BCUT2D eigenvalue weighted by Crippen LogP contribution is 2.42. The van der Waals surface area contributed by atoms with Gasteiger partial charge in [-0.1, -0.05) is 36.4 Å². The first-order valence-corrected chi connectivity index (χ1v) is 11.5. The number of thiazole rings is 1. The summed E-state index contributed by atoms with van der Waals surface area (Å²) < 4.78 is 2.23. The smallest absolute Gasteiger partial charge is 0.193 e. The maximum Gasteiger partial charge on any atom is 0.193 e. The van der Waals surface area contributed by atoms with Gasteiger partial charge >= 0.3 is 0 Å². The van der Waals surface area contributed by atoms with E-state index < -0.39 is 0 Å². The van der Waals surface area contributed by atoms with E-state index in [0.29, 0.717) is 0 Å². The highest BCUT2D eigenvalue weighted by Gasteiger charge is 2.41. The van der Waals surface area contributed by atoms with Crippen LogP contribution >= 0.6 is 23.6 Å². The predicted molar refractivity (Wildman–Crippen MR) is 128 cm³/mol. The van der Waals surface area contributed by atoms with Gasteiger partial charge in [-0.15, -0.1) is 11.3 Å². The van der Waals surface area contributed by atoms with E-state index in [1.54, 1.807) is 11.3 Å². The van der Waals surface area contributed by atoms with Crippen molar-refractivity contribution in [2.45, 2.75) is 32.5 Å². The van der Waals surface area contributed by atoms with Crippen LogP contribution in [0.4, 0.5) is 0 Å². The van der Waals surface area contributed by atoms with Gasteiger partial charge in [0.1, 0.15) is 0 Å². The maximum atomic E-state index is 5.83. The van der Waals surface area contributed by atoms with Crippen molar-refractivity contribution in [2.75, 3.05) is 0 Å². The van der Waals surface area contributed by atoms with Gasteiger partial charge in [0.2, 0.25) is 0 Å². The number of pyridine rings is 1. The largest absolute Gasteiger partial charge is 0.352 e. The van der Waals surface area contributed by atoms with Crippen LogP contribution in [0.3, 0.4) is 0 Å². The number of thiocarbonyl (C=S) groups is 1. The molecule has 31 heavy (non-hydrogen) atoms. The molecule has 0 radical (unpaired) electrons. The van der Waals surface area contributed by atoms with Crippen LogP contribution in [-0.4, -0.2) is 24.5 Å². The number of hydrogen-bond acceptors (Lipinski definition) is 4. The standard InChI is InChI=1S/C24H23N5S2/c1-16-14-19(17(2)29(16)24-26-12-13-31-24)22-21(20-10-6-7-11-25-20)27-23(30)28(22)15-18-8-4-3-5-9-18/h3-14,21-22H,15H2,1-2H3,(H,27,30). The van der Waals surface area contributed by atoms with Crippen LogP contribution in [0.2, 0.25) is 0 Å². The zero-order chi connectivity index (χ0) is 21.4. The van der Waals surface area contributed by atoms with Gasteiger partial charge in [-0.05, 0) is 55.4 Å². The average molecular weight is 446 g/mol. The van der Waals surface area contributed by atoms with Crippen LogP contribution in [0, 0.1) is 13.8 Å². The lowest BCUT2D eigenvalue weighted by molar-refractivity contribution is 0.310. The van der Waals surface area contributed by atoms with Crippen molar-refractivity contribution < 1.29 is 0 Å². The third kappa shape index (κ3) is 3.64. The molecule has 1 saturated heterocycles. The van der Waals surface area contributed by atoms with Crippen molar-refractivity contribution in [3.63, 3.8) is 0 Å².